The summed E-state index contributed by atoms with van der Waals surface area (Å²) in [7, 11) is 0. The number of nitrogens with zero attached hydrogens (tertiary/aromatic N) is 1. The Morgan fingerprint density at radius 1 is 1.04 bits per heavy atom. The van der Waals surface area contributed by atoms with Gasteiger partial charge in [-0.15, -0.1) is 0 Å². The standard InChI is InChI=1S/C20H24N2O3/c1-3-4-15-20(2,19(24)25)18(23)22(17-13-9-6-10-14-17)21-16-11-7-5-8-12-16/h5-14,21H,3-4,15H2,1-2H3,(H,24,25). The molecule has 25 heavy (non-hydrogen) atoms. The van der Waals surface area contributed by atoms with E-state index in [9.17, 15) is 14.7 Å². The molecule has 2 N–H and O–H groups in total. The Bertz CT molecular complexity index is 703. The summed E-state index contributed by atoms with van der Waals surface area (Å²) in [5.41, 5.74) is 2.87. The van der Waals surface area contributed by atoms with Crippen LogP contribution >= 0.6 is 0 Å². The molecule has 0 aliphatic carbocycles. The van der Waals surface area contributed by atoms with Crippen LogP contribution in [0.3, 0.4) is 0 Å². The van der Waals surface area contributed by atoms with Gasteiger partial charge in [-0.25, -0.2) is 5.01 Å². The van der Waals surface area contributed by atoms with Crippen molar-refractivity contribution < 1.29 is 14.7 Å². The van der Waals surface area contributed by atoms with Crippen molar-refractivity contribution in [2.24, 2.45) is 5.41 Å². The number of rotatable bonds is 8. The Morgan fingerprint density at radius 2 is 1.60 bits per heavy atom. The van der Waals surface area contributed by atoms with E-state index in [0.29, 0.717) is 17.8 Å². The number of carbonyl (C=O) groups excluding carboxylic acids is 1. The molecule has 132 valence electrons. The number of unbranched alkanes of at least 4 members (excludes halogenated alkanes) is 1. The van der Waals surface area contributed by atoms with Crippen molar-refractivity contribution in [1.82, 2.24) is 0 Å². The number of amides is 1. The van der Waals surface area contributed by atoms with Gasteiger partial charge in [-0.05, 0) is 37.6 Å². The Hall–Kier alpha value is -2.82. The zero-order chi connectivity index (χ0) is 18.3. The van der Waals surface area contributed by atoms with Crippen molar-refractivity contribution in [2.75, 3.05) is 10.4 Å². The Morgan fingerprint density at radius 3 is 2.12 bits per heavy atom. The zero-order valence-electron chi connectivity index (χ0n) is 14.6. The molecule has 0 saturated carbocycles. The van der Waals surface area contributed by atoms with Crippen LogP contribution in [0, 0.1) is 5.41 Å². The fraction of sp³-hybridized carbons (Fsp3) is 0.300. The number of nitrogens with one attached hydrogen (secondary N) is 1. The molecule has 1 atom stereocenters. The molecular weight excluding hydrogens is 316 g/mol. The third kappa shape index (κ3) is 4.38. The number of aliphatic carboxylic acids is 1. The molecule has 0 fully saturated rings. The quantitative estimate of drug-likeness (QED) is 0.554. The van der Waals surface area contributed by atoms with Crippen molar-refractivity contribution in [3.05, 3.63) is 60.7 Å². The minimum Gasteiger partial charge on any atom is -0.480 e. The molecule has 2 rings (SSSR count). The highest BCUT2D eigenvalue weighted by Gasteiger charge is 2.44. The smallest absolute Gasteiger partial charge is 0.319 e. The number of carbonyl (C=O) groups is 2. The van der Waals surface area contributed by atoms with Gasteiger partial charge < -0.3 is 5.11 Å². The van der Waals surface area contributed by atoms with Crippen LogP contribution in [-0.4, -0.2) is 17.0 Å². The van der Waals surface area contributed by atoms with Gasteiger partial charge in [-0.2, -0.15) is 0 Å². The van der Waals surface area contributed by atoms with Crippen LogP contribution < -0.4 is 10.4 Å². The highest BCUT2D eigenvalue weighted by atomic mass is 16.4. The van der Waals surface area contributed by atoms with E-state index in [2.05, 4.69) is 5.43 Å². The molecule has 0 saturated heterocycles. The van der Waals surface area contributed by atoms with Crippen molar-refractivity contribution >= 4 is 23.3 Å². The third-order valence-corrected chi connectivity index (χ3v) is 4.21. The second-order valence-corrected chi connectivity index (χ2v) is 6.19. The predicted octanol–water partition coefficient (Wildman–Crippen LogP) is 4.33. The first-order chi connectivity index (χ1) is 12.0. The number of para-hydroxylation sites is 2. The predicted molar refractivity (Wildman–Crippen MR) is 99.3 cm³/mol. The number of hydrogen-bond donors (Lipinski definition) is 2. The molecule has 5 heteroatoms. The minimum atomic E-state index is -1.49. The van der Waals surface area contributed by atoms with E-state index in [0.717, 1.165) is 6.42 Å². The lowest BCUT2D eigenvalue weighted by atomic mass is 9.83. The van der Waals surface area contributed by atoms with Crippen LogP contribution in [0.1, 0.15) is 33.1 Å². The summed E-state index contributed by atoms with van der Waals surface area (Å²) in [4.78, 5) is 25.1. The average Bonchev–Trinajstić information content (AvgIpc) is 2.65. The number of carboxylic acid groups (broad SMARTS) is 1. The topological polar surface area (TPSA) is 69.6 Å². The van der Waals surface area contributed by atoms with Gasteiger partial charge in [0.25, 0.3) is 5.91 Å². The van der Waals surface area contributed by atoms with Gasteiger partial charge in [-0.3, -0.25) is 15.0 Å². The molecule has 2 aromatic carbocycles. The fourth-order valence-corrected chi connectivity index (χ4v) is 2.53. The van der Waals surface area contributed by atoms with Crippen molar-refractivity contribution in [3.8, 4) is 0 Å². The average molecular weight is 340 g/mol. The van der Waals surface area contributed by atoms with Crippen molar-refractivity contribution in [1.29, 1.82) is 0 Å². The van der Waals surface area contributed by atoms with Crippen LogP contribution in [0.2, 0.25) is 0 Å². The van der Waals surface area contributed by atoms with Gasteiger partial charge in [0.1, 0.15) is 5.41 Å². The fourth-order valence-electron chi connectivity index (χ4n) is 2.53. The van der Waals surface area contributed by atoms with Gasteiger partial charge in [-0.1, -0.05) is 56.2 Å². The van der Waals surface area contributed by atoms with E-state index in [4.69, 9.17) is 0 Å². The minimum absolute atomic E-state index is 0.289. The molecule has 0 spiro atoms. The second kappa shape index (κ2) is 8.33. The molecule has 1 amide bonds. The van der Waals surface area contributed by atoms with Gasteiger partial charge in [0.15, 0.2) is 0 Å². The molecule has 0 aliphatic heterocycles. The van der Waals surface area contributed by atoms with E-state index in [1.807, 2.05) is 55.5 Å². The number of benzene rings is 2. The SMILES string of the molecule is CCCCC(C)(C(=O)O)C(=O)N(Nc1ccccc1)c1ccccc1. The maximum absolute atomic E-state index is 13.2. The van der Waals surface area contributed by atoms with Crippen molar-refractivity contribution in [3.63, 3.8) is 0 Å². The van der Waals surface area contributed by atoms with Crippen molar-refractivity contribution in [2.45, 2.75) is 33.1 Å². The Kier molecular flexibility index (Phi) is 6.17. The first-order valence-corrected chi connectivity index (χ1v) is 8.43. The first kappa shape index (κ1) is 18.5. The molecule has 1 unspecified atom stereocenters. The lowest BCUT2D eigenvalue weighted by Crippen LogP contribution is -2.49. The van der Waals surface area contributed by atoms with Gasteiger partial charge >= 0.3 is 5.97 Å². The number of hydrogen-bond acceptors (Lipinski definition) is 3. The van der Waals surface area contributed by atoms with Gasteiger partial charge in [0, 0.05) is 0 Å². The summed E-state index contributed by atoms with van der Waals surface area (Å²) in [5, 5.41) is 11.0. The highest BCUT2D eigenvalue weighted by molar-refractivity contribution is 6.10. The number of hydrazine groups is 1. The molecular formula is C20H24N2O3. The maximum atomic E-state index is 13.2. The molecule has 0 aromatic heterocycles. The lowest BCUT2D eigenvalue weighted by molar-refractivity contribution is -0.154. The monoisotopic (exact) mass is 340 g/mol. The van der Waals surface area contributed by atoms with Crippen LogP contribution in [0.25, 0.3) is 0 Å². The molecule has 0 heterocycles. The molecule has 5 nitrogen and oxygen atoms in total. The van der Waals surface area contributed by atoms with Crippen LogP contribution in [0.5, 0.6) is 0 Å². The summed E-state index contributed by atoms with van der Waals surface area (Å²) >= 11 is 0. The summed E-state index contributed by atoms with van der Waals surface area (Å²) < 4.78 is 0. The van der Waals surface area contributed by atoms with E-state index in [-0.39, 0.29) is 6.42 Å². The largest absolute Gasteiger partial charge is 0.480 e. The third-order valence-electron chi connectivity index (χ3n) is 4.21. The molecule has 0 radical (unpaired) electrons. The normalized spacial score (nSPS) is 12.9. The van der Waals surface area contributed by atoms with E-state index in [1.54, 1.807) is 12.1 Å². The zero-order valence-corrected chi connectivity index (χ0v) is 14.6. The first-order valence-electron chi connectivity index (χ1n) is 8.43. The van der Waals surface area contributed by atoms with E-state index >= 15 is 0 Å². The van der Waals surface area contributed by atoms with Crippen LogP contribution in [0.15, 0.2) is 60.7 Å². The second-order valence-electron chi connectivity index (χ2n) is 6.19. The summed E-state index contributed by atoms with van der Waals surface area (Å²) in [6.45, 7) is 3.47. The summed E-state index contributed by atoms with van der Waals surface area (Å²) in [6, 6.07) is 18.3. The van der Waals surface area contributed by atoms with E-state index in [1.165, 1.54) is 11.9 Å². The number of anilines is 2. The van der Waals surface area contributed by atoms with E-state index < -0.39 is 17.3 Å². The van der Waals surface area contributed by atoms with Gasteiger partial charge in [0.05, 0.1) is 11.4 Å². The molecule has 0 bridgehead atoms. The van der Waals surface area contributed by atoms with Crippen LogP contribution in [-0.2, 0) is 9.59 Å². The number of carboxylic acids is 1. The lowest BCUT2D eigenvalue weighted by Gasteiger charge is -2.32. The Labute approximate surface area is 148 Å². The summed E-state index contributed by atoms with van der Waals surface area (Å²) in [5.74, 6) is -1.59. The Balaban J connectivity index is 2.39. The maximum Gasteiger partial charge on any atom is 0.319 e. The highest BCUT2D eigenvalue weighted by Crippen LogP contribution is 2.30. The molecule has 0 aliphatic rings. The van der Waals surface area contributed by atoms with Gasteiger partial charge in [0.2, 0.25) is 0 Å². The summed E-state index contributed by atoms with van der Waals surface area (Å²) in [6.07, 6.45) is 1.79. The van der Waals surface area contributed by atoms with Crippen LogP contribution in [0.4, 0.5) is 11.4 Å². The molecule has 2 aromatic rings.